The van der Waals surface area contributed by atoms with Crippen LogP contribution in [0.2, 0.25) is 0 Å². The Labute approximate surface area is 212 Å². The predicted molar refractivity (Wildman–Crippen MR) is 57.0 cm³/mol. The zero-order valence-corrected chi connectivity index (χ0v) is 21.8. The van der Waals surface area contributed by atoms with Gasteiger partial charge in [0.15, 0.2) is 0 Å². The van der Waals surface area contributed by atoms with Crippen molar-refractivity contribution in [3.8, 4) is 0 Å². The molecule has 0 amide bonds. The Morgan fingerprint density at radius 3 is 0.500 bits per heavy atom. The summed E-state index contributed by atoms with van der Waals surface area (Å²) >= 11 is 0. The summed E-state index contributed by atoms with van der Waals surface area (Å²) in [5.74, 6) is 0. The first kappa shape index (κ1) is 66.2. The molecule has 0 spiro atoms. The van der Waals surface area contributed by atoms with Gasteiger partial charge < -0.3 is 24.9 Å². The molecular weight excluding hydrogens is 362 g/mol. The van der Waals surface area contributed by atoms with Gasteiger partial charge in [0.2, 0.25) is 0 Å². The van der Waals surface area contributed by atoms with Gasteiger partial charge in [0, 0.05) is 9.13 Å². The summed E-state index contributed by atoms with van der Waals surface area (Å²) in [6.45, 7) is 8.00. The molecule has 0 radical (unpaired) electrons. The molecule has 0 heterocycles. The van der Waals surface area contributed by atoms with Crippen LogP contribution in [0.15, 0.2) is 0 Å². The molecule has 0 aliphatic heterocycles. The fourth-order valence-electron chi connectivity index (χ4n) is 0. The number of hydrogen-bond acceptors (Lipinski definition) is 6. The molecule has 0 fully saturated rings. The smallest absolute Gasteiger partial charge is 1.00 e. The van der Waals surface area contributed by atoms with Crippen molar-refractivity contribution in [1.82, 2.24) is 0 Å². The quantitative estimate of drug-likeness (QED) is 0.233. The molecule has 0 aromatic heterocycles. The molecule has 0 saturated heterocycles. The second-order valence-electron chi connectivity index (χ2n) is 0.505. The van der Waals surface area contributed by atoms with Crippen LogP contribution in [-0.4, -0.2) is 46.7 Å². The van der Waals surface area contributed by atoms with E-state index in [4.69, 9.17) is 47.9 Å². The maximum Gasteiger partial charge on any atom is 1.00 e. The van der Waals surface area contributed by atoms with Crippen LogP contribution in [0.25, 0.3) is 0 Å². The SMILES string of the molecule is C=O.C=O.C=O.C=O.O=[P+](O)O.O=[P+](O)O.[H-].[H-].[H-].[H-].[Na+].[Na+].[Na+].[Na+]. The molecule has 0 saturated carbocycles. The van der Waals surface area contributed by atoms with Crippen molar-refractivity contribution in [1.29, 1.82) is 0 Å². The van der Waals surface area contributed by atoms with E-state index in [0.717, 1.165) is 0 Å². The molecular formula is C4H16Na4O10P2+2. The minimum atomic E-state index is -2.87. The van der Waals surface area contributed by atoms with Crippen molar-refractivity contribution < 1.29 is 172 Å². The normalized spacial score (nSPS) is 3.40. The molecule has 104 valence electrons. The zero-order chi connectivity index (χ0) is 15.2. The van der Waals surface area contributed by atoms with Crippen LogP contribution in [0.4, 0.5) is 0 Å². The van der Waals surface area contributed by atoms with Crippen LogP contribution in [0.5, 0.6) is 0 Å². The Morgan fingerprint density at radius 1 is 0.500 bits per heavy atom. The molecule has 0 aliphatic carbocycles. The van der Waals surface area contributed by atoms with Crippen molar-refractivity contribution >= 4 is 43.7 Å². The van der Waals surface area contributed by atoms with Crippen LogP contribution in [0.1, 0.15) is 5.71 Å². The number of carbonyl (C=O) groups excluding carboxylic acids is 4. The van der Waals surface area contributed by atoms with E-state index in [1.54, 1.807) is 0 Å². The zero-order valence-electron chi connectivity index (χ0n) is 16.0. The Kier molecular flexibility index (Phi) is 406. The van der Waals surface area contributed by atoms with Gasteiger partial charge in [-0.25, -0.2) is 0 Å². The number of carbonyl (C=O) groups is 4. The monoisotopic (exact) mass is 378 g/mol. The predicted octanol–water partition coefficient (Wildman–Crippen LogP) is -13.0. The summed E-state index contributed by atoms with van der Waals surface area (Å²) in [4.78, 5) is 60.5. The van der Waals surface area contributed by atoms with E-state index in [1.165, 1.54) is 0 Å². The van der Waals surface area contributed by atoms with Crippen molar-refractivity contribution in [2.75, 3.05) is 0 Å². The van der Waals surface area contributed by atoms with Crippen molar-refractivity contribution in [3.63, 3.8) is 0 Å². The average Bonchev–Trinajstić information content (AvgIpc) is 2.27. The fraction of sp³-hybridized carbons (Fsp3) is 0. The standard InChI is InChI=1S/4CH2O.4Na.2HO3P.4H/c4*1-2;;;;;2*1-4(2)3;;;;/h4*1H2;;;;;2*(H-,1,2,3);;;;/q;;;;4*+1;;;4*-1/p+2. The molecule has 20 heavy (non-hydrogen) atoms. The fourth-order valence-corrected chi connectivity index (χ4v) is 0. The van der Waals surface area contributed by atoms with E-state index in [9.17, 15) is 0 Å². The van der Waals surface area contributed by atoms with Gasteiger partial charge in [-0.15, -0.1) is 19.6 Å². The molecule has 4 N–H and O–H groups in total. The second-order valence-corrected chi connectivity index (χ2v) is 1.52. The molecule has 0 aromatic rings. The summed E-state index contributed by atoms with van der Waals surface area (Å²) in [6, 6.07) is 0. The Hall–Kier alpha value is 2.72. The number of rotatable bonds is 0. The van der Waals surface area contributed by atoms with Crippen molar-refractivity contribution in [3.05, 3.63) is 0 Å². The van der Waals surface area contributed by atoms with E-state index in [-0.39, 0.29) is 124 Å². The van der Waals surface area contributed by atoms with Crippen LogP contribution in [0, 0.1) is 0 Å². The summed E-state index contributed by atoms with van der Waals surface area (Å²) in [6.07, 6.45) is 0. The molecule has 0 atom stereocenters. The van der Waals surface area contributed by atoms with Gasteiger partial charge in [-0.1, -0.05) is 0 Å². The van der Waals surface area contributed by atoms with Crippen LogP contribution >= 0.6 is 16.5 Å². The van der Waals surface area contributed by atoms with Gasteiger partial charge in [-0.05, 0) is 0 Å². The third-order valence-corrected chi connectivity index (χ3v) is 0. The molecule has 0 unspecified atom stereocenters. The van der Waals surface area contributed by atoms with Gasteiger partial charge in [-0.3, -0.25) is 0 Å². The number of hydrogen-bond donors (Lipinski definition) is 4. The third-order valence-electron chi connectivity index (χ3n) is 0. The Bertz CT molecular complexity index is 143. The first-order valence-electron chi connectivity index (χ1n) is 2.32. The van der Waals surface area contributed by atoms with Crippen molar-refractivity contribution in [2.24, 2.45) is 0 Å². The summed E-state index contributed by atoms with van der Waals surface area (Å²) in [7, 11) is -5.74. The van der Waals surface area contributed by atoms with Gasteiger partial charge in [0.05, 0.1) is 0 Å². The third kappa shape index (κ3) is 1090. The minimum absolute atomic E-state index is 0. The second kappa shape index (κ2) is 123. The largest absolute Gasteiger partial charge is 1.00 e. The molecule has 0 bridgehead atoms. The molecule has 0 rings (SSSR count). The van der Waals surface area contributed by atoms with E-state index in [1.807, 2.05) is 27.2 Å². The average molecular weight is 378 g/mol. The van der Waals surface area contributed by atoms with E-state index < -0.39 is 16.5 Å². The van der Waals surface area contributed by atoms with Gasteiger partial charge in [0.1, 0.15) is 27.2 Å². The van der Waals surface area contributed by atoms with Gasteiger partial charge in [0.25, 0.3) is 0 Å². The summed E-state index contributed by atoms with van der Waals surface area (Å²) < 4.78 is 17.4. The van der Waals surface area contributed by atoms with Crippen LogP contribution in [-0.2, 0) is 28.3 Å². The maximum absolute atomic E-state index is 8.70. The van der Waals surface area contributed by atoms with E-state index in [0.29, 0.717) is 0 Å². The molecule has 0 aliphatic rings. The maximum atomic E-state index is 8.70. The van der Waals surface area contributed by atoms with Gasteiger partial charge in [-0.2, -0.15) is 0 Å². The van der Waals surface area contributed by atoms with E-state index in [2.05, 4.69) is 0 Å². The van der Waals surface area contributed by atoms with Crippen molar-refractivity contribution in [2.45, 2.75) is 0 Å². The molecule has 0 aromatic carbocycles. The molecule has 10 nitrogen and oxygen atoms in total. The minimum Gasteiger partial charge on any atom is -1.00 e. The first-order chi connectivity index (χ1) is 7.46. The van der Waals surface area contributed by atoms with Gasteiger partial charge >= 0.3 is 135 Å². The first-order valence-corrected chi connectivity index (χ1v) is 4.65. The Morgan fingerprint density at radius 2 is 0.500 bits per heavy atom. The Balaban J connectivity index is -0.00000000402. The van der Waals surface area contributed by atoms with E-state index >= 15 is 0 Å². The molecule has 16 heteroatoms. The topological polar surface area (TPSA) is 183 Å². The van der Waals surface area contributed by atoms with Crippen LogP contribution < -0.4 is 118 Å². The summed E-state index contributed by atoms with van der Waals surface area (Å²) in [5, 5.41) is 0. The van der Waals surface area contributed by atoms with Crippen LogP contribution in [0.3, 0.4) is 0 Å². The summed E-state index contributed by atoms with van der Waals surface area (Å²) in [5.41, 5.74) is 0.